The molecule has 0 aliphatic rings. The number of carbonyl (C=O) groups excluding carboxylic acids is 1. The number of amides is 1. The van der Waals surface area contributed by atoms with Crippen LogP contribution in [0.25, 0.3) is 0 Å². The van der Waals surface area contributed by atoms with E-state index in [0.717, 1.165) is 17.7 Å². The van der Waals surface area contributed by atoms with Crippen molar-refractivity contribution in [3.05, 3.63) is 35.9 Å². The molecule has 0 radical (unpaired) electrons. The van der Waals surface area contributed by atoms with Gasteiger partial charge in [-0.25, -0.2) is 5.43 Å². The van der Waals surface area contributed by atoms with Crippen LogP contribution in [0.4, 0.5) is 0 Å². The number of nitrogens with one attached hydrogen (secondary N) is 1. The van der Waals surface area contributed by atoms with Crippen molar-refractivity contribution in [3.8, 4) is 0 Å². The highest BCUT2D eigenvalue weighted by Crippen LogP contribution is 1.94. The number of nitrogens with zero attached hydrogens (tertiary/aromatic N) is 2. The summed E-state index contributed by atoms with van der Waals surface area (Å²) >= 11 is 0. The van der Waals surface area contributed by atoms with E-state index < -0.39 is 0 Å². The highest BCUT2D eigenvalue weighted by Gasteiger charge is 1.98. The van der Waals surface area contributed by atoms with E-state index in [1.807, 2.05) is 44.2 Å². The molecule has 0 atom stereocenters. The summed E-state index contributed by atoms with van der Waals surface area (Å²) in [5.41, 5.74) is 4.15. The van der Waals surface area contributed by atoms with Crippen LogP contribution in [0.15, 0.2) is 40.6 Å². The van der Waals surface area contributed by atoms with Crippen LogP contribution in [-0.4, -0.2) is 24.4 Å². The van der Waals surface area contributed by atoms with Gasteiger partial charge in [-0.05, 0) is 18.9 Å². The maximum absolute atomic E-state index is 11.3. The maximum Gasteiger partial charge on any atom is 0.280 e. The van der Waals surface area contributed by atoms with Crippen LogP contribution in [0, 0.1) is 0 Å². The first-order valence-corrected chi connectivity index (χ1v) is 5.74. The molecule has 5 nitrogen and oxygen atoms in total. The van der Waals surface area contributed by atoms with Crippen LogP contribution in [0.5, 0.6) is 0 Å². The molecule has 0 bridgehead atoms. The minimum Gasteiger partial charge on any atom is -0.386 e. The third-order valence-electron chi connectivity index (χ3n) is 2.15. The third-order valence-corrected chi connectivity index (χ3v) is 2.15. The summed E-state index contributed by atoms with van der Waals surface area (Å²) in [6, 6.07) is 9.50. The minimum atomic E-state index is -0.326. The van der Waals surface area contributed by atoms with Crippen LogP contribution in [-0.2, 0) is 9.63 Å². The molecule has 0 unspecified atom stereocenters. The zero-order valence-electron chi connectivity index (χ0n) is 10.6. The predicted octanol–water partition coefficient (Wildman–Crippen LogP) is 1.94. The smallest absolute Gasteiger partial charge is 0.280 e. The molecule has 0 aliphatic carbocycles. The molecule has 0 fully saturated rings. The lowest BCUT2D eigenvalue weighted by molar-refractivity contribution is -0.125. The summed E-state index contributed by atoms with van der Waals surface area (Å²) < 4.78 is 0. The van der Waals surface area contributed by atoms with Gasteiger partial charge in [0.05, 0.1) is 6.21 Å². The second-order valence-corrected chi connectivity index (χ2v) is 3.65. The number of carbonyl (C=O) groups is 1. The number of oxime groups is 1. The SMILES string of the molecule is CC/C(C)=N\NC(=O)CO/N=C/c1ccccc1. The largest absolute Gasteiger partial charge is 0.386 e. The Morgan fingerprint density at radius 1 is 1.39 bits per heavy atom. The molecule has 0 saturated heterocycles. The van der Waals surface area contributed by atoms with Gasteiger partial charge in [-0.1, -0.05) is 42.4 Å². The lowest BCUT2D eigenvalue weighted by Gasteiger charge is -1.99. The molecule has 18 heavy (non-hydrogen) atoms. The fourth-order valence-electron chi connectivity index (χ4n) is 1.00. The first-order valence-electron chi connectivity index (χ1n) is 5.74. The van der Waals surface area contributed by atoms with Crippen LogP contribution in [0.2, 0.25) is 0 Å². The van der Waals surface area contributed by atoms with E-state index in [-0.39, 0.29) is 12.5 Å². The van der Waals surface area contributed by atoms with Gasteiger partial charge in [0.2, 0.25) is 0 Å². The number of rotatable bonds is 6. The van der Waals surface area contributed by atoms with Gasteiger partial charge < -0.3 is 4.84 Å². The molecule has 0 aliphatic heterocycles. The molecule has 0 saturated carbocycles. The molecule has 0 aromatic heterocycles. The molecular formula is C13H17N3O2. The lowest BCUT2D eigenvalue weighted by atomic mass is 10.2. The first kappa shape index (κ1) is 13.9. The fraction of sp³-hybridized carbons (Fsp3) is 0.308. The van der Waals surface area contributed by atoms with Crippen molar-refractivity contribution in [1.29, 1.82) is 0 Å². The van der Waals surface area contributed by atoms with Crippen molar-refractivity contribution >= 4 is 17.8 Å². The van der Waals surface area contributed by atoms with Gasteiger partial charge >= 0.3 is 0 Å². The molecule has 1 rings (SSSR count). The number of hydrazone groups is 1. The summed E-state index contributed by atoms with van der Waals surface area (Å²) in [5.74, 6) is -0.326. The Hall–Kier alpha value is -2.17. The normalized spacial score (nSPS) is 11.6. The predicted molar refractivity (Wildman–Crippen MR) is 71.5 cm³/mol. The van der Waals surface area contributed by atoms with E-state index >= 15 is 0 Å². The van der Waals surface area contributed by atoms with Gasteiger partial charge in [-0.3, -0.25) is 4.79 Å². The first-order chi connectivity index (χ1) is 8.72. The quantitative estimate of drug-likeness (QED) is 0.616. The Labute approximate surface area is 107 Å². The maximum atomic E-state index is 11.3. The van der Waals surface area contributed by atoms with Crippen molar-refractivity contribution < 1.29 is 9.63 Å². The molecule has 5 heteroatoms. The van der Waals surface area contributed by atoms with Gasteiger partial charge in [0, 0.05) is 5.71 Å². The van der Waals surface area contributed by atoms with Crippen LogP contribution >= 0.6 is 0 Å². The van der Waals surface area contributed by atoms with Gasteiger partial charge in [0.25, 0.3) is 5.91 Å². The number of hydrogen-bond donors (Lipinski definition) is 1. The van der Waals surface area contributed by atoms with Crippen molar-refractivity contribution in [3.63, 3.8) is 0 Å². The van der Waals surface area contributed by atoms with Gasteiger partial charge in [0.15, 0.2) is 6.61 Å². The highest BCUT2D eigenvalue weighted by atomic mass is 16.6. The zero-order valence-corrected chi connectivity index (χ0v) is 10.6. The minimum absolute atomic E-state index is 0.149. The summed E-state index contributed by atoms with van der Waals surface area (Å²) in [7, 11) is 0. The summed E-state index contributed by atoms with van der Waals surface area (Å²) in [6.07, 6.45) is 2.35. The van der Waals surface area contributed by atoms with Crippen molar-refractivity contribution in [1.82, 2.24) is 5.43 Å². The molecule has 1 aromatic carbocycles. The van der Waals surface area contributed by atoms with E-state index in [1.54, 1.807) is 6.21 Å². The Morgan fingerprint density at radius 2 is 2.11 bits per heavy atom. The summed E-state index contributed by atoms with van der Waals surface area (Å²) in [5, 5.41) is 7.56. The van der Waals surface area contributed by atoms with Crippen molar-refractivity contribution in [2.75, 3.05) is 6.61 Å². The van der Waals surface area contributed by atoms with E-state index in [1.165, 1.54) is 0 Å². The van der Waals surface area contributed by atoms with Crippen LogP contribution < -0.4 is 5.43 Å². The van der Waals surface area contributed by atoms with Crippen LogP contribution in [0.1, 0.15) is 25.8 Å². The van der Waals surface area contributed by atoms with Crippen LogP contribution in [0.3, 0.4) is 0 Å². The molecule has 1 aromatic rings. The Morgan fingerprint density at radius 3 is 2.78 bits per heavy atom. The monoisotopic (exact) mass is 247 g/mol. The Kier molecular flexibility index (Phi) is 6.17. The second-order valence-electron chi connectivity index (χ2n) is 3.65. The van der Waals surface area contributed by atoms with E-state index in [4.69, 9.17) is 4.84 Å². The molecule has 1 N–H and O–H groups in total. The number of hydrogen-bond acceptors (Lipinski definition) is 4. The second kappa shape index (κ2) is 8.00. The third kappa shape index (κ3) is 5.79. The fourth-order valence-corrected chi connectivity index (χ4v) is 1.00. The molecule has 1 amide bonds. The number of benzene rings is 1. The Bertz CT molecular complexity index is 427. The zero-order chi connectivity index (χ0) is 13.2. The molecular weight excluding hydrogens is 230 g/mol. The standard InChI is InChI=1S/C13H17N3O2/c1-3-11(2)15-16-13(17)10-18-14-9-12-7-5-4-6-8-12/h4-9H,3,10H2,1-2H3,(H,16,17)/b14-9+,15-11-. The van der Waals surface area contributed by atoms with Gasteiger partial charge in [0.1, 0.15) is 0 Å². The van der Waals surface area contributed by atoms with Crippen molar-refractivity contribution in [2.24, 2.45) is 10.3 Å². The Balaban J connectivity index is 2.26. The molecule has 0 heterocycles. The summed E-state index contributed by atoms with van der Waals surface area (Å²) in [6.45, 7) is 3.66. The van der Waals surface area contributed by atoms with Gasteiger partial charge in [-0.2, -0.15) is 5.10 Å². The average Bonchev–Trinajstić information content (AvgIpc) is 2.42. The summed E-state index contributed by atoms with van der Waals surface area (Å²) in [4.78, 5) is 16.1. The van der Waals surface area contributed by atoms with Gasteiger partial charge in [-0.15, -0.1) is 0 Å². The van der Waals surface area contributed by atoms with E-state index in [2.05, 4.69) is 15.7 Å². The van der Waals surface area contributed by atoms with Crippen molar-refractivity contribution in [2.45, 2.75) is 20.3 Å². The van der Waals surface area contributed by atoms with E-state index in [9.17, 15) is 4.79 Å². The average molecular weight is 247 g/mol. The highest BCUT2D eigenvalue weighted by molar-refractivity contribution is 5.84. The molecule has 96 valence electrons. The molecule has 0 spiro atoms. The lowest BCUT2D eigenvalue weighted by Crippen LogP contribution is -2.23. The topological polar surface area (TPSA) is 63.0 Å². The van der Waals surface area contributed by atoms with E-state index in [0.29, 0.717) is 0 Å².